The molecule has 6 heteroatoms. The Bertz CT molecular complexity index is 623. The fraction of sp³-hybridized carbons (Fsp3) is 0.200. The second kappa shape index (κ2) is 6.31. The van der Waals surface area contributed by atoms with Crippen LogP contribution in [0, 0.1) is 9.39 Å². The van der Waals surface area contributed by atoms with Crippen molar-refractivity contribution in [1.29, 1.82) is 0 Å². The Labute approximate surface area is 132 Å². The van der Waals surface area contributed by atoms with Crippen LogP contribution < -0.4 is 0 Å². The zero-order valence-electron chi connectivity index (χ0n) is 10.7. The van der Waals surface area contributed by atoms with E-state index in [9.17, 15) is 22.7 Å². The summed E-state index contributed by atoms with van der Waals surface area (Å²) in [4.78, 5) is 0. The Hall–Kier alpha value is -1.15. The lowest BCUT2D eigenvalue weighted by Gasteiger charge is -2.15. The zero-order valence-corrected chi connectivity index (χ0v) is 12.8. The van der Waals surface area contributed by atoms with E-state index in [1.54, 1.807) is 12.1 Å². The molecule has 0 aliphatic heterocycles. The molecule has 1 unspecified atom stereocenters. The summed E-state index contributed by atoms with van der Waals surface area (Å²) in [5, 5.41) is 10.0. The third kappa shape index (κ3) is 4.16. The Balaban J connectivity index is 2.26. The van der Waals surface area contributed by atoms with E-state index in [-0.39, 0.29) is 12.0 Å². The van der Waals surface area contributed by atoms with Gasteiger partial charge in [0.15, 0.2) is 0 Å². The van der Waals surface area contributed by atoms with Crippen LogP contribution in [-0.2, 0) is 12.6 Å². The quantitative estimate of drug-likeness (QED) is 0.574. The van der Waals surface area contributed by atoms with Crippen molar-refractivity contribution in [3.8, 4) is 0 Å². The van der Waals surface area contributed by atoms with Crippen LogP contribution in [0.2, 0.25) is 0 Å². The van der Waals surface area contributed by atoms with Crippen LogP contribution in [0.5, 0.6) is 0 Å². The van der Waals surface area contributed by atoms with Crippen molar-refractivity contribution in [1.82, 2.24) is 0 Å². The van der Waals surface area contributed by atoms with Crippen LogP contribution in [0.3, 0.4) is 0 Å². The molecule has 0 aliphatic rings. The van der Waals surface area contributed by atoms with E-state index in [0.717, 1.165) is 15.2 Å². The molecule has 2 aromatic carbocycles. The highest BCUT2D eigenvalue weighted by molar-refractivity contribution is 14.1. The van der Waals surface area contributed by atoms with Gasteiger partial charge in [0.05, 0.1) is 11.7 Å². The molecule has 1 N–H and O–H groups in total. The van der Waals surface area contributed by atoms with Gasteiger partial charge < -0.3 is 5.11 Å². The molecule has 2 rings (SSSR count). The van der Waals surface area contributed by atoms with E-state index in [1.807, 2.05) is 12.1 Å². The number of rotatable bonds is 3. The fourth-order valence-electron chi connectivity index (χ4n) is 1.93. The maximum atomic E-state index is 13.6. The van der Waals surface area contributed by atoms with Crippen LogP contribution in [0.1, 0.15) is 22.8 Å². The van der Waals surface area contributed by atoms with E-state index in [4.69, 9.17) is 0 Å². The molecule has 0 aromatic heterocycles. The number of alkyl halides is 3. The zero-order chi connectivity index (χ0) is 15.6. The Morgan fingerprint density at radius 2 is 1.67 bits per heavy atom. The van der Waals surface area contributed by atoms with Crippen LogP contribution >= 0.6 is 22.6 Å². The smallest absolute Gasteiger partial charge is 0.388 e. The third-order valence-corrected chi connectivity index (χ3v) is 3.74. The monoisotopic (exact) mass is 410 g/mol. The number of aliphatic hydroxyl groups excluding tert-OH is 1. The molecule has 0 amide bonds. The van der Waals surface area contributed by atoms with E-state index in [1.165, 1.54) is 0 Å². The van der Waals surface area contributed by atoms with Gasteiger partial charge >= 0.3 is 6.18 Å². The van der Waals surface area contributed by atoms with Crippen molar-refractivity contribution < 1.29 is 22.7 Å². The molecular weight excluding hydrogens is 399 g/mol. The van der Waals surface area contributed by atoms with E-state index in [0.29, 0.717) is 12.1 Å². The van der Waals surface area contributed by atoms with Gasteiger partial charge in [0, 0.05) is 15.6 Å². The molecule has 0 bridgehead atoms. The van der Waals surface area contributed by atoms with Gasteiger partial charge in [-0.3, -0.25) is 0 Å². The first-order chi connectivity index (χ1) is 9.77. The van der Waals surface area contributed by atoms with E-state index >= 15 is 0 Å². The lowest BCUT2D eigenvalue weighted by atomic mass is 9.99. The second-order valence-corrected chi connectivity index (χ2v) is 5.83. The molecular formula is C15H11F4IO. The first kappa shape index (κ1) is 16.2. The predicted octanol–water partition coefficient (Wildman–Crippen LogP) is 4.73. The molecule has 0 aliphatic carbocycles. The van der Waals surface area contributed by atoms with Gasteiger partial charge in [-0.2, -0.15) is 13.2 Å². The average molecular weight is 410 g/mol. The van der Waals surface area contributed by atoms with Crippen molar-refractivity contribution in [2.45, 2.75) is 18.7 Å². The Kier molecular flexibility index (Phi) is 4.88. The van der Waals surface area contributed by atoms with Gasteiger partial charge in [0.2, 0.25) is 0 Å². The van der Waals surface area contributed by atoms with Crippen molar-refractivity contribution >= 4 is 22.6 Å². The Morgan fingerprint density at radius 1 is 1.05 bits per heavy atom. The third-order valence-electron chi connectivity index (χ3n) is 3.02. The number of benzene rings is 2. The SMILES string of the molecule is OC(Cc1ccc(I)cc1)c1cc(C(F)(F)F)ccc1F. The van der Waals surface area contributed by atoms with E-state index < -0.39 is 23.7 Å². The lowest BCUT2D eigenvalue weighted by molar-refractivity contribution is -0.137. The molecule has 0 saturated heterocycles. The van der Waals surface area contributed by atoms with Gasteiger partial charge in [-0.05, 0) is 58.5 Å². The molecule has 2 aromatic rings. The number of hydrogen-bond donors (Lipinski definition) is 1. The van der Waals surface area contributed by atoms with Crippen molar-refractivity contribution in [3.05, 3.63) is 68.5 Å². The number of aliphatic hydroxyl groups is 1. The number of hydrogen-bond acceptors (Lipinski definition) is 1. The minimum Gasteiger partial charge on any atom is -0.388 e. The van der Waals surface area contributed by atoms with Crippen LogP contribution in [0.15, 0.2) is 42.5 Å². The van der Waals surface area contributed by atoms with Gasteiger partial charge in [0.25, 0.3) is 0 Å². The highest BCUT2D eigenvalue weighted by Crippen LogP contribution is 2.32. The van der Waals surface area contributed by atoms with Crippen LogP contribution in [0.25, 0.3) is 0 Å². The van der Waals surface area contributed by atoms with Gasteiger partial charge in [-0.15, -0.1) is 0 Å². The summed E-state index contributed by atoms with van der Waals surface area (Å²) in [6, 6.07) is 9.17. The standard InChI is InChI=1S/C15H11F4IO/c16-13-6-3-10(15(17,18)19)8-12(13)14(21)7-9-1-4-11(20)5-2-9/h1-6,8,14,21H,7H2. The molecule has 1 atom stereocenters. The lowest BCUT2D eigenvalue weighted by Crippen LogP contribution is -2.10. The largest absolute Gasteiger partial charge is 0.416 e. The normalized spacial score (nSPS) is 13.2. The summed E-state index contributed by atoms with van der Waals surface area (Å²) in [5.41, 5.74) is -0.594. The maximum absolute atomic E-state index is 13.6. The second-order valence-electron chi connectivity index (χ2n) is 4.58. The highest BCUT2D eigenvalue weighted by atomic mass is 127. The minimum absolute atomic E-state index is 0.0507. The van der Waals surface area contributed by atoms with Gasteiger partial charge in [-0.25, -0.2) is 4.39 Å². The molecule has 0 radical (unpaired) electrons. The molecule has 0 heterocycles. The molecule has 112 valence electrons. The first-order valence-electron chi connectivity index (χ1n) is 6.06. The van der Waals surface area contributed by atoms with Crippen LogP contribution in [-0.4, -0.2) is 5.11 Å². The molecule has 1 nitrogen and oxygen atoms in total. The Morgan fingerprint density at radius 3 is 2.24 bits per heavy atom. The molecule has 0 fully saturated rings. The summed E-state index contributed by atoms with van der Waals surface area (Å²) >= 11 is 2.11. The average Bonchev–Trinajstić information content (AvgIpc) is 2.40. The summed E-state index contributed by atoms with van der Waals surface area (Å²) in [5.74, 6) is -0.846. The van der Waals surface area contributed by atoms with Crippen molar-refractivity contribution in [2.75, 3.05) is 0 Å². The molecule has 21 heavy (non-hydrogen) atoms. The molecule has 0 spiro atoms. The summed E-state index contributed by atoms with van der Waals surface area (Å²) in [6.07, 6.45) is -5.84. The van der Waals surface area contributed by atoms with Crippen LogP contribution in [0.4, 0.5) is 17.6 Å². The maximum Gasteiger partial charge on any atom is 0.416 e. The number of halogens is 5. The summed E-state index contributed by atoms with van der Waals surface area (Å²) in [7, 11) is 0. The van der Waals surface area contributed by atoms with Gasteiger partial charge in [-0.1, -0.05) is 12.1 Å². The van der Waals surface area contributed by atoms with E-state index in [2.05, 4.69) is 22.6 Å². The fourth-order valence-corrected chi connectivity index (χ4v) is 2.29. The van der Waals surface area contributed by atoms with Crippen molar-refractivity contribution in [2.24, 2.45) is 0 Å². The molecule has 0 saturated carbocycles. The predicted molar refractivity (Wildman–Crippen MR) is 79.2 cm³/mol. The summed E-state index contributed by atoms with van der Waals surface area (Å²) in [6.45, 7) is 0. The topological polar surface area (TPSA) is 20.2 Å². The summed E-state index contributed by atoms with van der Waals surface area (Å²) < 4.78 is 52.5. The van der Waals surface area contributed by atoms with Crippen molar-refractivity contribution in [3.63, 3.8) is 0 Å². The first-order valence-corrected chi connectivity index (χ1v) is 7.14. The minimum atomic E-state index is -4.56. The highest BCUT2D eigenvalue weighted by Gasteiger charge is 2.31. The van der Waals surface area contributed by atoms with Gasteiger partial charge in [0.1, 0.15) is 5.82 Å².